The number of nitrogens with one attached hydrogen (secondary N) is 1. The van der Waals surface area contributed by atoms with Crippen LogP contribution < -0.4 is 10.1 Å². The minimum atomic E-state index is -1.82. The number of rotatable bonds is 9. The summed E-state index contributed by atoms with van der Waals surface area (Å²) in [5.74, 6) is -2.98. The third kappa shape index (κ3) is 12.0. The van der Waals surface area contributed by atoms with Gasteiger partial charge in [0.15, 0.2) is 0 Å². The quantitative estimate of drug-likeness (QED) is 0.447. The first kappa shape index (κ1) is 22.5. The summed E-state index contributed by atoms with van der Waals surface area (Å²) in [5, 5.41) is 19.4. The second kappa shape index (κ2) is 13.9. The molecular formula is C16H23Cl2NO5. The summed E-state index contributed by atoms with van der Waals surface area (Å²) in [5.41, 5.74) is 0. The number of hydrogen-bond acceptors (Lipinski definition) is 4. The van der Waals surface area contributed by atoms with Gasteiger partial charge in [0.1, 0.15) is 5.75 Å². The maximum atomic E-state index is 9.10. The Balaban J connectivity index is 0.000000754. The van der Waals surface area contributed by atoms with Gasteiger partial charge in [0.2, 0.25) is 0 Å². The van der Waals surface area contributed by atoms with E-state index in [2.05, 4.69) is 12.2 Å². The Bertz CT molecular complexity index is 499. The average molecular weight is 380 g/mol. The van der Waals surface area contributed by atoms with Gasteiger partial charge < -0.3 is 20.3 Å². The summed E-state index contributed by atoms with van der Waals surface area (Å²) < 4.78 is 5.60. The van der Waals surface area contributed by atoms with Crippen molar-refractivity contribution in [3.05, 3.63) is 28.2 Å². The molecule has 0 aliphatic heterocycles. The Morgan fingerprint density at radius 1 is 1.08 bits per heavy atom. The molecule has 6 nitrogen and oxygen atoms in total. The zero-order valence-electron chi connectivity index (χ0n) is 13.6. The van der Waals surface area contributed by atoms with E-state index in [4.69, 9.17) is 47.7 Å². The molecule has 1 rings (SSSR count). The second-order valence-electron chi connectivity index (χ2n) is 4.84. The lowest BCUT2D eigenvalue weighted by Crippen LogP contribution is -2.17. The zero-order chi connectivity index (χ0) is 18.4. The van der Waals surface area contributed by atoms with Crippen molar-refractivity contribution in [3.63, 3.8) is 0 Å². The Morgan fingerprint density at radius 3 is 2.29 bits per heavy atom. The molecule has 0 atom stereocenters. The Kier molecular flexibility index (Phi) is 13.0. The maximum absolute atomic E-state index is 9.10. The van der Waals surface area contributed by atoms with Crippen LogP contribution in [-0.4, -0.2) is 41.8 Å². The number of carboxylic acid groups (broad SMARTS) is 2. The number of ether oxygens (including phenoxy) is 1. The van der Waals surface area contributed by atoms with Crippen LogP contribution in [0.4, 0.5) is 0 Å². The van der Waals surface area contributed by atoms with Gasteiger partial charge in [-0.05, 0) is 44.5 Å². The van der Waals surface area contributed by atoms with Crippen LogP contribution in [0.3, 0.4) is 0 Å². The molecule has 0 fully saturated rings. The molecule has 0 radical (unpaired) electrons. The molecule has 1 aromatic carbocycles. The molecule has 0 aliphatic carbocycles. The first-order valence-corrected chi connectivity index (χ1v) is 8.38. The minimum absolute atomic E-state index is 0.612. The van der Waals surface area contributed by atoms with Crippen molar-refractivity contribution in [2.75, 3.05) is 19.7 Å². The number of unbranched alkanes of at least 4 members (excludes halogenated alkanes) is 2. The number of benzene rings is 1. The van der Waals surface area contributed by atoms with Crippen LogP contribution in [-0.2, 0) is 9.59 Å². The third-order valence-electron chi connectivity index (χ3n) is 2.79. The van der Waals surface area contributed by atoms with Gasteiger partial charge in [0.25, 0.3) is 0 Å². The van der Waals surface area contributed by atoms with Crippen molar-refractivity contribution in [1.29, 1.82) is 0 Å². The Labute approximate surface area is 151 Å². The highest BCUT2D eigenvalue weighted by Crippen LogP contribution is 2.27. The molecule has 136 valence electrons. The van der Waals surface area contributed by atoms with E-state index in [0.29, 0.717) is 22.4 Å². The highest BCUT2D eigenvalue weighted by Gasteiger charge is 2.04. The SMILES string of the molecule is CCCCNCCCCOc1cc(Cl)ccc1Cl.O=C(O)C(=O)O. The standard InChI is InChI=1S/C14H21Cl2NO.C2H2O4/c1-2-3-8-17-9-4-5-10-18-14-11-12(15)6-7-13(14)16;3-1(4)2(5)6/h6-7,11,17H,2-5,8-10H2,1H3;(H,3,4)(H,5,6). The lowest BCUT2D eigenvalue weighted by Gasteiger charge is -2.08. The lowest BCUT2D eigenvalue weighted by molar-refractivity contribution is -0.159. The first-order chi connectivity index (χ1) is 11.4. The van der Waals surface area contributed by atoms with Gasteiger partial charge in [-0.15, -0.1) is 0 Å². The van der Waals surface area contributed by atoms with E-state index in [1.54, 1.807) is 18.2 Å². The van der Waals surface area contributed by atoms with Crippen LogP contribution in [0.25, 0.3) is 0 Å². The summed E-state index contributed by atoms with van der Waals surface area (Å²) in [7, 11) is 0. The third-order valence-corrected chi connectivity index (χ3v) is 3.34. The zero-order valence-corrected chi connectivity index (χ0v) is 15.1. The molecule has 0 saturated heterocycles. The van der Waals surface area contributed by atoms with Crippen molar-refractivity contribution < 1.29 is 24.5 Å². The molecule has 0 unspecified atom stereocenters. The predicted octanol–water partition coefficient (Wildman–Crippen LogP) is 3.70. The number of carboxylic acids is 2. The smallest absolute Gasteiger partial charge is 0.414 e. The van der Waals surface area contributed by atoms with Crippen molar-refractivity contribution in [2.45, 2.75) is 32.6 Å². The highest BCUT2D eigenvalue weighted by atomic mass is 35.5. The fourth-order valence-electron chi connectivity index (χ4n) is 1.55. The molecule has 8 heteroatoms. The van der Waals surface area contributed by atoms with Gasteiger partial charge in [-0.2, -0.15) is 0 Å². The summed E-state index contributed by atoms with van der Waals surface area (Å²) in [6, 6.07) is 5.27. The summed E-state index contributed by atoms with van der Waals surface area (Å²) in [6.45, 7) is 5.03. The van der Waals surface area contributed by atoms with Crippen LogP contribution in [0.5, 0.6) is 5.75 Å². The molecule has 24 heavy (non-hydrogen) atoms. The van der Waals surface area contributed by atoms with Crippen LogP contribution in [0, 0.1) is 0 Å². The molecule has 0 spiro atoms. The summed E-state index contributed by atoms with van der Waals surface area (Å²) >= 11 is 11.9. The monoisotopic (exact) mass is 379 g/mol. The van der Waals surface area contributed by atoms with E-state index >= 15 is 0 Å². The van der Waals surface area contributed by atoms with Crippen molar-refractivity contribution >= 4 is 35.1 Å². The largest absolute Gasteiger partial charge is 0.492 e. The molecule has 0 amide bonds. The molecule has 3 N–H and O–H groups in total. The van der Waals surface area contributed by atoms with Crippen LogP contribution in [0.15, 0.2) is 18.2 Å². The van der Waals surface area contributed by atoms with E-state index in [0.717, 1.165) is 25.9 Å². The normalized spacial score (nSPS) is 9.79. The van der Waals surface area contributed by atoms with Gasteiger partial charge in [0, 0.05) is 11.1 Å². The fraction of sp³-hybridized carbons (Fsp3) is 0.500. The summed E-state index contributed by atoms with van der Waals surface area (Å²) in [4.78, 5) is 18.2. The molecular weight excluding hydrogens is 357 g/mol. The molecule has 0 heterocycles. The number of carbonyl (C=O) groups is 2. The van der Waals surface area contributed by atoms with E-state index in [1.807, 2.05) is 0 Å². The summed E-state index contributed by atoms with van der Waals surface area (Å²) in [6.07, 6.45) is 4.61. The van der Waals surface area contributed by atoms with Gasteiger partial charge >= 0.3 is 11.9 Å². The van der Waals surface area contributed by atoms with Gasteiger partial charge in [0.05, 0.1) is 11.6 Å². The Morgan fingerprint density at radius 2 is 1.71 bits per heavy atom. The number of aliphatic carboxylic acids is 2. The maximum Gasteiger partial charge on any atom is 0.414 e. The topological polar surface area (TPSA) is 95.9 Å². The molecule has 1 aromatic rings. The van der Waals surface area contributed by atoms with Crippen LogP contribution in [0.2, 0.25) is 10.0 Å². The van der Waals surface area contributed by atoms with Gasteiger partial charge in [-0.1, -0.05) is 36.5 Å². The number of hydrogen-bond donors (Lipinski definition) is 3. The van der Waals surface area contributed by atoms with E-state index in [9.17, 15) is 0 Å². The minimum Gasteiger partial charge on any atom is -0.492 e. The van der Waals surface area contributed by atoms with Gasteiger partial charge in [-0.3, -0.25) is 0 Å². The molecule has 0 aliphatic rings. The molecule has 0 aromatic heterocycles. The molecule has 0 saturated carbocycles. The van der Waals surface area contributed by atoms with Crippen molar-refractivity contribution in [3.8, 4) is 5.75 Å². The van der Waals surface area contributed by atoms with Crippen molar-refractivity contribution in [2.24, 2.45) is 0 Å². The Hall–Kier alpha value is -1.50. The predicted molar refractivity (Wildman–Crippen MR) is 94.2 cm³/mol. The van der Waals surface area contributed by atoms with Crippen LogP contribution in [0.1, 0.15) is 32.6 Å². The fourth-order valence-corrected chi connectivity index (χ4v) is 1.88. The van der Waals surface area contributed by atoms with Crippen molar-refractivity contribution in [1.82, 2.24) is 5.32 Å². The number of halogens is 2. The first-order valence-electron chi connectivity index (χ1n) is 7.63. The lowest BCUT2D eigenvalue weighted by atomic mass is 10.3. The second-order valence-corrected chi connectivity index (χ2v) is 5.69. The van der Waals surface area contributed by atoms with E-state index in [-0.39, 0.29) is 0 Å². The molecule has 0 bridgehead atoms. The van der Waals surface area contributed by atoms with E-state index < -0.39 is 11.9 Å². The average Bonchev–Trinajstić information content (AvgIpc) is 2.53. The highest BCUT2D eigenvalue weighted by molar-refractivity contribution is 6.34. The van der Waals surface area contributed by atoms with E-state index in [1.165, 1.54) is 12.8 Å². The van der Waals surface area contributed by atoms with Crippen LogP contribution >= 0.6 is 23.2 Å². The van der Waals surface area contributed by atoms with Gasteiger partial charge in [-0.25, -0.2) is 9.59 Å².